The molecule has 1 atom stereocenters. The van der Waals surface area contributed by atoms with Crippen LogP contribution in [0.3, 0.4) is 0 Å². The highest BCUT2D eigenvalue weighted by atomic mass is 16.5. The van der Waals surface area contributed by atoms with Gasteiger partial charge in [-0.1, -0.05) is 0 Å². The smallest absolute Gasteiger partial charge is 0.159 e. The van der Waals surface area contributed by atoms with Gasteiger partial charge in [0.25, 0.3) is 0 Å². The third-order valence-electron chi connectivity index (χ3n) is 3.82. The van der Waals surface area contributed by atoms with Crippen LogP contribution >= 0.6 is 0 Å². The Bertz CT molecular complexity index is 590. The van der Waals surface area contributed by atoms with E-state index in [1.165, 1.54) is 0 Å². The summed E-state index contributed by atoms with van der Waals surface area (Å²) < 4.78 is 13.0. The molecule has 3 rings (SSSR count). The Morgan fingerprint density at radius 3 is 2.90 bits per heavy atom. The summed E-state index contributed by atoms with van der Waals surface area (Å²) in [7, 11) is 1.68. The molecule has 1 aliphatic rings. The van der Waals surface area contributed by atoms with Crippen molar-refractivity contribution in [3.8, 4) is 0 Å². The number of methoxy groups -OCH3 is 1. The van der Waals surface area contributed by atoms with Crippen LogP contribution in [0.15, 0.2) is 16.5 Å². The van der Waals surface area contributed by atoms with Crippen LogP contribution in [0.25, 0.3) is 0 Å². The van der Waals surface area contributed by atoms with Crippen molar-refractivity contribution in [2.75, 3.05) is 13.7 Å². The summed E-state index contributed by atoms with van der Waals surface area (Å²) in [6.07, 6.45) is 0. The van der Waals surface area contributed by atoms with E-state index >= 15 is 0 Å². The SMILES string of the molecule is COCc1nnc2n1CCN(Cc1ccc(C)o1)[C@@H]2C. The Kier molecular flexibility index (Phi) is 3.58. The first-order valence-corrected chi connectivity index (χ1v) is 6.89. The standard InChI is InChI=1S/C14H20N4O2/c1-10-4-5-12(20-10)8-17-6-7-18-13(9-19-3)15-16-14(18)11(17)2/h4-5,11H,6-9H2,1-3H3/t11-/m1/s1. The number of aryl methyl sites for hydroxylation is 1. The average Bonchev–Trinajstić information content (AvgIpc) is 3.01. The van der Waals surface area contributed by atoms with Crippen molar-refractivity contribution in [1.29, 1.82) is 0 Å². The Morgan fingerprint density at radius 2 is 2.20 bits per heavy atom. The molecule has 3 heterocycles. The van der Waals surface area contributed by atoms with Gasteiger partial charge in [0.05, 0.1) is 12.6 Å². The van der Waals surface area contributed by atoms with E-state index in [0.717, 1.165) is 42.8 Å². The number of hydrogen-bond donors (Lipinski definition) is 0. The molecule has 0 amide bonds. The van der Waals surface area contributed by atoms with Gasteiger partial charge in [0.1, 0.15) is 24.0 Å². The molecule has 0 radical (unpaired) electrons. The second-order valence-corrected chi connectivity index (χ2v) is 5.22. The molecule has 0 spiro atoms. The molecule has 0 aliphatic carbocycles. The van der Waals surface area contributed by atoms with Crippen LogP contribution in [0.5, 0.6) is 0 Å². The minimum absolute atomic E-state index is 0.229. The molecular weight excluding hydrogens is 256 g/mol. The summed E-state index contributed by atoms with van der Waals surface area (Å²) in [5, 5.41) is 8.54. The molecular formula is C14H20N4O2. The molecule has 0 N–H and O–H groups in total. The van der Waals surface area contributed by atoms with Crippen molar-refractivity contribution in [2.24, 2.45) is 0 Å². The van der Waals surface area contributed by atoms with Crippen molar-refractivity contribution in [1.82, 2.24) is 19.7 Å². The van der Waals surface area contributed by atoms with Gasteiger partial charge in [0, 0.05) is 20.2 Å². The number of fused-ring (bicyclic) bond motifs is 1. The molecule has 0 fully saturated rings. The minimum Gasteiger partial charge on any atom is -0.465 e. The largest absolute Gasteiger partial charge is 0.465 e. The lowest BCUT2D eigenvalue weighted by atomic mass is 10.2. The van der Waals surface area contributed by atoms with Crippen molar-refractivity contribution < 1.29 is 9.15 Å². The molecule has 2 aromatic heterocycles. The Balaban J connectivity index is 1.77. The maximum Gasteiger partial charge on any atom is 0.159 e. The van der Waals surface area contributed by atoms with E-state index in [1.54, 1.807) is 7.11 Å². The van der Waals surface area contributed by atoms with E-state index in [4.69, 9.17) is 9.15 Å². The fraction of sp³-hybridized carbons (Fsp3) is 0.571. The van der Waals surface area contributed by atoms with E-state index in [1.807, 2.05) is 19.1 Å². The van der Waals surface area contributed by atoms with Crippen LogP contribution in [0.4, 0.5) is 0 Å². The first-order valence-electron chi connectivity index (χ1n) is 6.89. The first-order chi connectivity index (χ1) is 9.69. The van der Waals surface area contributed by atoms with Gasteiger partial charge in [-0.15, -0.1) is 10.2 Å². The van der Waals surface area contributed by atoms with E-state index in [0.29, 0.717) is 6.61 Å². The zero-order chi connectivity index (χ0) is 14.1. The lowest BCUT2D eigenvalue weighted by molar-refractivity contribution is 0.135. The molecule has 108 valence electrons. The number of aromatic nitrogens is 3. The van der Waals surface area contributed by atoms with E-state index in [2.05, 4.69) is 26.6 Å². The molecule has 0 saturated heterocycles. The van der Waals surface area contributed by atoms with Crippen LogP contribution in [-0.2, 0) is 24.4 Å². The van der Waals surface area contributed by atoms with E-state index in [-0.39, 0.29) is 6.04 Å². The van der Waals surface area contributed by atoms with Gasteiger partial charge >= 0.3 is 0 Å². The second-order valence-electron chi connectivity index (χ2n) is 5.22. The molecule has 0 bridgehead atoms. The summed E-state index contributed by atoms with van der Waals surface area (Å²) in [5.41, 5.74) is 0. The van der Waals surface area contributed by atoms with Gasteiger partial charge in [0.2, 0.25) is 0 Å². The zero-order valence-electron chi connectivity index (χ0n) is 12.2. The summed E-state index contributed by atoms with van der Waals surface area (Å²) >= 11 is 0. The number of nitrogens with zero attached hydrogens (tertiary/aromatic N) is 4. The lowest BCUT2D eigenvalue weighted by Crippen LogP contribution is -2.37. The fourth-order valence-electron chi connectivity index (χ4n) is 2.71. The molecule has 0 saturated carbocycles. The van der Waals surface area contributed by atoms with Crippen molar-refractivity contribution >= 4 is 0 Å². The summed E-state index contributed by atoms with van der Waals surface area (Å²) in [6.45, 7) is 7.30. The minimum atomic E-state index is 0.229. The molecule has 20 heavy (non-hydrogen) atoms. The van der Waals surface area contributed by atoms with Gasteiger partial charge in [-0.05, 0) is 26.0 Å². The monoisotopic (exact) mass is 276 g/mol. The molecule has 2 aromatic rings. The van der Waals surface area contributed by atoms with Crippen molar-refractivity contribution in [3.63, 3.8) is 0 Å². The summed E-state index contributed by atoms with van der Waals surface area (Å²) in [4.78, 5) is 2.36. The average molecular weight is 276 g/mol. The molecule has 6 heteroatoms. The maximum absolute atomic E-state index is 5.66. The maximum atomic E-state index is 5.66. The molecule has 6 nitrogen and oxygen atoms in total. The number of hydrogen-bond acceptors (Lipinski definition) is 5. The number of furan rings is 1. The lowest BCUT2D eigenvalue weighted by Gasteiger charge is -2.32. The Hall–Kier alpha value is -1.66. The van der Waals surface area contributed by atoms with Gasteiger partial charge in [0.15, 0.2) is 5.82 Å². The van der Waals surface area contributed by atoms with Crippen molar-refractivity contribution in [3.05, 3.63) is 35.3 Å². The molecule has 0 aromatic carbocycles. The number of ether oxygens (including phenoxy) is 1. The van der Waals surface area contributed by atoms with Crippen LogP contribution in [0, 0.1) is 6.92 Å². The third kappa shape index (κ3) is 2.36. The highest BCUT2D eigenvalue weighted by Gasteiger charge is 2.28. The molecule has 1 aliphatic heterocycles. The van der Waals surface area contributed by atoms with Gasteiger partial charge in [-0.2, -0.15) is 0 Å². The number of rotatable bonds is 4. The van der Waals surface area contributed by atoms with Gasteiger partial charge < -0.3 is 13.7 Å². The van der Waals surface area contributed by atoms with E-state index in [9.17, 15) is 0 Å². The van der Waals surface area contributed by atoms with Crippen LogP contribution in [0.2, 0.25) is 0 Å². The predicted octanol–water partition coefficient (Wildman–Crippen LogP) is 1.90. The highest BCUT2D eigenvalue weighted by molar-refractivity contribution is 5.08. The van der Waals surface area contributed by atoms with Crippen molar-refractivity contribution in [2.45, 2.75) is 39.6 Å². The van der Waals surface area contributed by atoms with Gasteiger partial charge in [-0.25, -0.2) is 0 Å². The predicted molar refractivity (Wildman–Crippen MR) is 73.0 cm³/mol. The van der Waals surface area contributed by atoms with Crippen LogP contribution < -0.4 is 0 Å². The van der Waals surface area contributed by atoms with Crippen LogP contribution in [0.1, 0.15) is 36.1 Å². The van der Waals surface area contributed by atoms with E-state index < -0.39 is 0 Å². The summed E-state index contributed by atoms with van der Waals surface area (Å²) in [6, 6.07) is 4.27. The quantitative estimate of drug-likeness (QED) is 0.853. The first kappa shape index (κ1) is 13.3. The fourth-order valence-corrected chi connectivity index (χ4v) is 2.71. The normalized spacial score (nSPS) is 19.2. The Labute approximate surface area is 118 Å². The zero-order valence-corrected chi connectivity index (χ0v) is 12.2. The van der Waals surface area contributed by atoms with Crippen LogP contribution in [-0.4, -0.2) is 33.3 Å². The summed E-state index contributed by atoms with van der Waals surface area (Å²) in [5.74, 6) is 3.86. The topological polar surface area (TPSA) is 56.3 Å². The Morgan fingerprint density at radius 1 is 1.35 bits per heavy atom. The second kappa shape index (κ2) is 5.38. The third-order valence-corrected chi connectivity index (χ3v) is 3.82. The van der Waals surface area contributed by atoms with Gasteiger partial charge in [-0.3, -0.25) is 4.90 Å². The highest BCUT2D eigenvalue weighted by Crippen LogP contribution is 2.26. The molecule has 0 unspecified atom stereocenters.